The lowest BCUT2D eigenvalue weighted by Crippen LogP contribution is -2.31. The lowest BCUT2D eigenvalue weighted by molar-refractivity contribution is 0.589. The molecule has 2 nitrogen and oxygen atoms in total. The van der Waals surface area contributed by atoms with Crippen molar-refractivity contribution in [3.05, 3.63) is 29.6 Å². The van der Waals surface area contributed by atoms with Crippen LogP contribution in [0, 0.1) is 6.92 Å². The molecule has 0 spiro atoms. The van der Waals surface area contributed by atoms with Gasteiger partial charge < -0.3 is 5.32 Å². The van der Waals surface area contributed by atoms with Crippen LogP contribution < -0.4 is 5.32 Å². The van der Waals surface area contributed by atoms with Crippen molar-refractivity contribution in [2.75, 3.05) is 12.8 Å². The number of aromatic nitrogens is 1. The van der Waals surface area contributed by atoms with Crippen LogP contribution in [0.25, 0.3) is 0 Å². The minimum atomic E-state index is 0.302. The van der Waals surface area contributed by atoms with Gasteiger partial charge in [0.25, 0.3) is 0 Å². The normalized spacial score (nSPS) is 11.7. The second kappa shape index (κ2) is 5.52. The van der Waals surface area contributed by atoms with Crippen LogP contribution in [0.3, 0.4) is 0 Å². The van der Waals surface area contributed by atoms with Crippen LogP contribution in [0.1, 0.15) is 25.1 Å². The van der Waals surface area contributed by atoms with Gasteiger partial charge in [0, 0.05) is 29.7 Å². The average molecular weight is 224 g/mol. The predicted molar refractivity (Wildman–Crippen MR) is 68.3 cm³/mol. The number of aryl methyl sites for hydroxylation is 1. The summed E-state index contributed by atoms with van der Waals surface area (Å²) in [6, 6.07) is 4.12. The van der Waals surface area contributed by atoms with Crippen molar-refractivity contribution in [2.45, 2.75) is 32.1 Å². The van der Waals surface area contributed by atoms with E-state index >= 15 is 0 Å². The number of nitrogens with zero attached hydrogens (tertiary/aromatic N) is 1. The van der Waals surface area contributed by atoms with Crippen LogP contribution in [0.4, 0.5) is 0 Å². The summed E-state index contributed by atoms with van der Waals surface area (Å²) >= 11 is 1.89. The fourth-order valence-corrected chi connectivity index (χ4v) is 1.52. The van der Waals surface area contributed by atoms with Gasteiger partial charge in [-0.2, -0.15) is 11.8 Å². The number of thioether (sulfide) groups is 1. The van der Waals surface area contributed by atoms with Crippen LogP contribution in [0.15, 0.2) is 18.3 Å². The maximum absolute atomic E-state index is 4.27. The standard InChI is InChI=1S/C12H20N2S/c1-10-11(6-5-7-14-10)8-13-9-12(2,3)15-4/h5-7,13H,8-9H2,1-4H3. The van der Waals surface area contributed by atoms with Crippen molar-refractivity contribution >= 4 is 11.8 Å². The van der Waals surface area contributed by atoms with Gasteiger partial charge in [-0.3, -0.25) is 4.98 Å². The summed E-state index contributed by atoms with van der Waals surface area (Å²) in [6.07, 6.45) is 3.99. The zero-order chi connectivity index (χ0) is 11.3. The molecule has 0 unspecified atom stereocenters. The molecule has 0 saturated heterocycles. The third kappa shape index (κ3) is 4.22. The summed E-state index contributed by atoms with van der Waals surface area (Å²) in [5.74, 6) is 0. The van der Waals surface area contributed by atoms with Crippen molar-refractivity contribution in [1.82, 2.24) is 10.3 Å². The van der Waals surface area contributed by atoms with E-state index in [0.29, 0.717) is 4.75 Å². The number of hydrogen-bond acceptors (Lipinski definition) is 3. The largest absolute Gasteiger partial charge is 0.311 e. The summed E-state index contributed by atoms with van der Waals surface area (Å²) in [4.78, 5) is 4.27. The van der Waals surface area contributed by atoms with Crippen LogP contribution >= 0.6 is 11.8 Å². The average Bonchev–Trinajstić information content (AvgIpc) is 2.21. The number of pyridine rings is 1. The third-order valence-electron chi connectivity index (χ3n) is 2.54. The Morgan fingerprint density at radius 1 is 1.47 bits per heavy atom. The minimum Gasteiger partial charge on any atom is -0.311 e. The van der Waals surface area contributed by atoms with Gasteiger partial charge >= 0.3 is 0 Å². The minimum absolute atomic E-state index is 0.302. The van der Waals surface area contributed by atoms with Crippen LogP contribution in [0.2, 0.25) is 0 Å². The molecular formula is C12H20N2S. The Morgan fingerprint density at radius 2 is 2.20 bits per heavy atom. The van der Waals surface area contributed by atoms with E-state index in [1.807, 2.05) is 24.0 Å². The maximum Gasteiger partial charge on any atom is 0.0417 e. The van der Waals surface area contributed by atoms with Crippen molar-refractivity contribution in [1.29, 1.82) is 0 Å². The second-order valence-electron chi connectivity index (χ2n) is 4.32. The van der Waals surface area contributed by atoms with Gasteiger partial charge in [0.05, 0.1) is 0 Å². The van der Waals surface area contributed by atoms with Crippen molar-refractivity contribution in [2.24, 2.45) is 0 Å². The molecule has 0 amide bonds. The Kier molecular flexibility index (Phi) is 4.61. The third-order valence-corrected chi connectivity index (χ3v) is 3.78. The van der Waals surface area contributed by atoms with Gasteiger partial charge in [0.2, 0.25) is 0 Å². The molecule has 3 heteroatoms. The maximum atomic E-state index is 4.27. The highest BCUT2D eigenvalue weighted by atomic mass is 32.2. The zero-order valence-corrected chi connectivity index (χ0v) is 10.8. The number of rotatable bonds is 5. The topological polar surface area (TPSA) is 24.9 Å². The van der Waals surface area contributed by atoms with Crippen molar-refractivity contribution in [3.63, 3.8) is 0 Å². The highest BCUT2D eigenvalue weighted by Crippen LogP contribution is 2.19. The summed E-state index contributed by atoms with van der Waals surface area (Å²) in [5.41, 5.74) is 2.40. The molecule has 84 valence electrons. The number of nitrogens with one attached hydrogen (secondary N) is 1. The van der Waals surface area contributed by atoms with Gasteiger partial charge in [0.15, 0.2) is 0 Å². The quantitative estimate of drug-likeness (QED) is 0.832. The first-order chi connectivity index (χ1) is 7.05. The lowest BCUT2D eigenvalue weighted by Gasteiger charge is -2.22. The Bertz CT molecular complexity index is 310. The molecule has 1 aromatic heterocycles. The van der Waals surface area contributed by atoms with E-state index in [2.05, 4.69) is 43.4 Å². The fourth-order valence-electron chi connectivity index (χ4n) is 1.27. The molecule has 1 rings (SSSR count). The van der Waals surface area contributed by atoms with E-state index in [0.717, 1.165) is 18.8 Å². The Labute approximate surface area is 96.9 Å². The first kappa shape index (κ1) is 12.5. The Balaban J connectivity index is 2.42. The van der Waals surface area contributed by atoms with Gasteiger partial charge in [-0.05, 0) is 38.7 Å². The molecule has 0 aliphatic carbocycles. The molecule has 1 N–H and O–H groups in total. The molecule has 0 aromatic carbocycles. The van der Waals surface area contributed by atoms with Crippen LogP contribution in [-0.2, 0) is 6.54 Å². The lowest BCUT2D eigenvalue weighted by atomic mass is 10.2. The summed E-state index contributed by atoms with van der Waals surface area (Å²) in [5, 5.41) is 3.47. The van der Waals surface area contributed by atoms with E-state index in [4.69, 9.17) is 0 Å². The highest BCUT2D eigenvalue weighted by molar-refractivity contribution is 7.99. The fraction of sp³-hybridized carbons (Fsp3) is 0.583. The summed E-state index contributed by atoms with van der Waals surface area (Å²) in [6.45, 7) is 8.48. The first-order valence-corrected chi connectivity index (χ1v) is 6.44. The molecule has 0 bridgehead atoms. The zero-order valence-electron chi connectivity index (χ0n) is 10.0. The monoisotopic (exact) mass is 224 g/mol. The molecule has 1 heterocycles. The SMILES string of the molecule is CSC(C)(C)CNCc1cccnc1C. The first-order valence-electron chi connectivity index (χ1n) is 5.21. The van der Waals surface area contributed by atoms with E-state index in [1.54, 1.807) is 0 Å². The van der Waals surface area contributed by atoms with Gasteiger partial charge in [0.1, 0.15) is 0 Å². The number of hydrogen-bond donors (Lipinski definition) is 1. The van der Waals surface area contributed by atoms with Gasteiger partial charge in [-0.25, -0.2) is 0 Å². The van der Waals surface area contributed by atoms with Crippen molar-refractivity contribution < 1.29 is 0 Å². The molecule has 0 fully saturated rings. The molecular weight excluding hydrogens is 204 g/mol. The molecule has 0 aliphatic heterocycles. The molecule has 0 radical (unpaired) electrons. The molecule has 0 aliphatic rings. The Morgan fingerprint density at radius 3 is 2.80 bits per heavy atom. The molecule has 15 heavy (non-hydrogen) atoms. The van der Waals surface area contributed by atoms with E-state index in [-0.39, 0.29) is 0 Å². The molecule has 1 aromatic rings. The summed E-state index contributed by atoms with van der Waals surface area (Å²) in [7, 11) is 0. The van der Waals surface area contributed by atoms with E-state index in [1.165, 1.54) is 5.56 Å². The van der Waals surface area contributed by atoms with Crippen LogP contribution in [0.5, 0.6) is 0 Å². The second-order valence-corrected chi connectivity index (χ2v) is 5.83. The van der Waals surface area contributed by atoms with E-state index in [9.17, 15) is 0 Å². The smallest absolute Gasteiger partial charge is 0.0417 e. The highest BCUT2D eigenvalue weighted by Gasteiger charge is 2.14. The molecule has 0 atom stereocenters. The van der Waals surface area contributed by atoms with Gasteiger partial charge in [-0.15, -0.1) is 0 Å². The Hall–Kier alpha value is -0.540. The van der Waals surface area contributed by atoms with Crippen LogP contribution in [-0.4, -0.2) is 22.5 Å². The van der Waals surface area contributed by atoms with E-state index < -0.39 is 0 Å². The predicted octanol–water partition coefficient (Wildman–Crippen LogP) is 2.62. The molecule has 0 saturated carbocycles. The summed E-state index contributed by atoms with van der Waals surface area (Å²) < 4.78 is 0.302. The van der Waals surface area contributed by atoms with Gasteiger partial charge in [-0.1, -0.05) is 6.07 Å². The van der Waals surface area contributed by atoms with Crippen molar-refractivity contribution in [3.8, 4) is 0 Å².